The summed E-state index contributed by atoms with van der Waals surface area (Å²) in [6.45, 7) is 3.44. The zero-order chi connectivity index (χ0) is 41.8. The molecule has 0 heterocycles. The van der Waals surface area contributed by atoms with Crippen LogP contribution in [-0.2, 0) is 32.7 Å². The molecule has 0 aromatic carbocycles. The highest BCUT2D eigenvalue weighted by Crippen LogP contribution is 2.43. The quantitative estimate of drug-likeness (QED) is 0.0270. The summed E-state index contributed by atoms with van der Waals surface area (Å²) in [4.78, 5) is 34.8. The average molecular weight is 814 g/mol. The van der Waals surface area contributed by atoms with Crippen molar-refractivity contribution < 1.29 is 37.6 Å². The van der Waals surface area contributed by atoms with Gasteiger partial charge in [-0.2, -0.15) is 0 Å². The number of nitrogens with two attached hydrogens (primary N) is 1. The van der Waals surface area contributed by atoms with Crippen LogP contribution in [0.5, 0.6) is 0 Å². The molecule has 2 atom stereocenters. The number of rotatable bonds is 38. The SMILES string of the molecule is CC/C=C/C/C=C/C/C=C/C/C=C/C/C=C/C/C=C/CCC(=O)OC[C@H](COP(=O)(O)OCCN)OC(=O)CCCCCC/C=C/C/C=C/C/C=C/CCCCC. The third kappa shape index (κ3) is 42.1. The average Bonchev–Trinajstić information content (AvgIpc) is 3.20. The summed E-state index contributed by atoms with van der Waals surface area (Å²) < 4.78 is 32.7. The van der Waals surface area contributed by atoms with Crippen molar-refractivity contribution in [1.29, 1.82) is 0 Å². The van der Waals surface area contributed by atoms with Crippen molar-refractivity contribution in [3.05, 3.63) is 109 Å². The number of hydrogen-bond acceptors (Lipinski definition) is 8. The first-order valence-electron chi connectivity index (χ1n) is 21.4. The van der Waals surface area contributed by atoms with Crippen molar-refractivity contribution in [2.45, 2.75) is 148 Å². The second kappa shape index (κ2) is 42.3. The number of esters is 2. The second-order valence-corrected chi connectivity index (χ2v) is 14.9. The molecule has 0 fully saturated rings. The van der Waals surface area contributed by atoms with Crippen molar-refractivity contribution in [1.82, 2.24) is 0 Å². The van der Waals surface area contributed by atoms with Gasteiger partial charge in [0.25, 0.3) is 0 Å². The maximum absolute atomic E-state index is 12.6. The molecule has 1 unspecified atom stereocenters. The van der Waals surface area contributed by atoms with Crippen LogP contribution in [0, 0.1) is 0 Å². The summed E-state index contributed by atoms with van der Waals surface area (Å²) >= 11 is 0. The van der Waals surface area contributed by atoms with Crippen LogP contribution in [0.3, 0.4) is 0 Å². The highest BCUT2D eigenvalue weighted by atomic mass is 31.2. The molecule has 0 amide bonds. The van der Waals surface area contributed by atoms with Gasteiger partial charge in [0.1, 0.15) is 6.61 Å². The van der Waals surface area contributed by atoms with E-state index < -0.39 is 32.5 Å². The van der Waals surface area contributed by atoms with Crippen LogP contribution < -0.4 is 5.73 Å². The predicted octanol–water partition coefficient (Wildman–Crippen LogP) is 12.4. The van der Waals surface area contributed by atoms with Gasteiger partial charge in [0.15, 0.2) is 6.10 Å². The van der Waals surface area contributed by atoms with Crippen molar-refractivity contribution in [3.8, 4) is 0 Å². The lowest BCUT2D eigenvalue weighted by atomic mass is 10.1. The molecule has 322 valence electrons. The van der Waals surface area contributed by atoms with Crippen LogP contribution in [0.2, 0.25) is 0 Å². The molecule has 0 radical (unpaired) electrons. The number of phosphoric ester groups is 1. The maximum atomic E-state index is 12.6. The lowest BCUT2D eigenvalue weighted by Crippen LogP contribution is -2.29. The Morgan fingerprint density at radius 3 is 1.49 bits per heavy atom. The zero-order valence-corrected chi connectivity index (χ0v) is 36.2. The van der Waals surface area contributed by atoms with Gasteiger partial charge in [0.2, 0.25) is 0 Å². The van der Waals surface area contributed by atoms with Gasteiger partial charge in [-0.15, -0.1) is 0 Å². The molecule has 0 aromatic rings. The van der Waals surface area contributed by atoms with Gasteiger partial charge < -0.3 is 20.1 Å². The fourth-order valence-electron chi connectivity index (χ4n) is 5.02. The van der Waals surface area contributed by atoms with E-state index >= 15 is 0 Å². The van der Waals surface area contributed by atoms with Gasteiger partial charge >= 0.3 is 19.8 Å². The first-order chi connectivity index (χ1) is 27.8. The van der Waals surface area contributed by atoms with Gasteiger partial charge in [-0.1, -0.05) is 149 Å². The summed E-state index contributed by atoms with van der Waals surface area (Å²) in [5.74, 6) is -0.965. The third-order valence-electron chi connectivity index (χ3n) is 8.16. The Morgan fingerprint density at radius 1 is 0.544 bits per heavy atom. The lowest BCUT2D eigenvalue weighted by Gasteiger charge is -2.19. The molecule has 10 heteroatoms. The molecule has 57 heavy (non-hydrogen) atoms. The predicted molar refractivity (Wildman–Crippen MR) is 238 cm³/mol. The van der Waals surface area contributed by atoms with Crippen LogP contribution in [0.15, 0.2) is 109 Å². The Balaban J connectivity index is 4.36. The van der Waals surface area contributed by atoms with Crippen molar-refractivity contribution in [3.63, 3.8) is 0 Å². The van der Waals surface area contributed by atoms with Gasteiger partial charge in [-0.05, 0) is 89.9 Å². The number of allylic oxidation sites excluding steroid dienone is 18. The smallest absolute Gasteiger partial charge is 0.462 e. The zero-order valence-electron chi connectivity index (χ0n) is 35.3. The first kappa shape index (κ1) is 53.7. The minimum absolute atomic E-state index is 0.0334. The first-order valence-corrected chi connectivity index (χ1v) is 22.9. The molecule has 0 spiro atoms. The molecule has 9 nitrogen and oxygen atoms in total. The van der Waals surface area contributed by atoms with E-state index in [2.05, 4.69) is 111 Å². The monoisotopic (exact) mass is 814 g/mol. The Kier molecular flexibility index (Phi) is 39.8. The van der Waals surface area contributed by atoms with E-state index in [0.29, 0.717) is 12.8 Å². The topological polar surface area (TPSA) is 134 Å². The van der Waals surface area contributed by atoms with Gasteiger partial charge in [-0.3, -0.25) is 18.6 Å². The number of carbonyl (C=O) groups excluding carboxylic acids is 2. The molecular formula is C47H76NO8P. The molecule has 0 rings (SSSR count). The van der Waals surface area contributed by atoms with Crippen LogP contribution in [0.1, 0.15) is 142 Å². The van der Waals surface area contributed by atoms with Gasteiger partial charge in [0, 0.05) is 19.4 Å². The maximum Gasteiger partial charge on any atom is 0.472 e. The van der Waals surface area contributed by atoms with Crippen LogP contribution in [0.25, 0.3) is 0 Å². The van der Waals surface area contributed by atoms with Gasteiger partial charge in [-0.25, -0.2) is 4.57 Å². The number of ether oxygens (including phenoxy) is 2. The highest BCUT2D eigenvalue weighted by Gasteiger charge is 2.25. The highest BCUT2D eigenvalue weighted by molar-refractivity contribution is 7.47. The lowest BCUT2D eigenvalue weighted by molar-refractivity contribution is -0.161. The normalized spacial score (nSPS) is 14.4. The molecule has 0 aliphatic carbocycles. The second-order valence-electron chi connectivity index (χ2n) is 13.5. The van der Waals surface area contributed by atoms with Crippen molar-refractivity contribution in [2.75, 3.05) is 26.4 Å². The number of unbranched alkanes of at least 4 members (excludes halogenated alkanes) is 7. The Labute approximate surface area is 346 Å². The molecule has 0 bridgehead atoms. The van der Waals surface area contributed by atoms with E-state index in [9.17, 15) is 19.0 Å². The largest absolute Gasteiger partial charge is 0.472 e. The molecule has 0 aliphatic heterocycles. The van der Waals surface area contributed by atoms with E-state index in [4.69, 9.17) is 24.3 Å². The molecule has 3 N–H and O–H groups in total. The standard InChI is InChI=1S/C47H76NO8P/c1-3-5-7-9-11-13-15-17-19-21-22-24-25-27-29-31-33-35-37-39-46(49)53-43-45(44-55-57(51,52)54-42-41-48)56-47(50)40-38-36-34-32-30-28-26-23-20-18-16-14-12-10-8-6-4-2/h5,7,11-14,17-20,22,24,26-29,33,35,45H,3-4,6,8-10,15-16,21,23,25,30-32,34,36-44,48H2,1-2H3,(H,51,52)/b7-5+,13-11+,14-12+,19-17+,20-18+,24-22+,28-26+,29-27+,35-33+/t45-/m1/s1. The summed E-state index contributed by atoms with van der Waals surface area (Å²) in [5, 5.41) is 0. The minimum Gasteiger partial charge on any atom is -0.462 e. The summed E-state index contributed by atoms with van der Waals surface area (Å²) in [6.07, 6.45) is 55.6. The third-order valence-corrected chi connectivity index (χ3v) is 9.14. The molecule has 0 aromatic heterocycles. The molecule has 0 saturated carbocycles. The Hall–Kier alpha value is -3.33. The molecular weight excluding hydrogens is 737 g/mol. The van der Waals surface area contributed by atoms with Crippen LogP contribution in [0.4, 0.5) is 0 Å². The van der Waals surface area contributed by atoms with E-state index in [1.165, 1.54) is 25.7 Å². The van der Waals surface area contributed by atoms with Crippen molar-refractivity contribution in [2.24, 2.45) is 5.73 Å². The summed E-state index contributed by atoms with van der Waals surface area (Å²) in [5.41, 5.74) is 5.34. The number of hydrogen-bond donors (Lipinski definition) is 2. The van der Waals surface area contributed by atoms with E-state index in [1.807, 2.05) is 12.2 Å². The van der Waals surface area contributed by atoms with Crippen LogP contribution in [-0.4, -0.2) is 49.3 Å². The number of carbonyl (C=O) groups is 2. The van der Waals surface area contributed by atoms with E-state index in [-0.39, 0.29) is 32.6 Å². The van der Waals surface area contributed by atoms with E-state index in [1.54, 1.807) is 0 Å². The van der Waals surface area contributed by atoms with Crippen LogP contribution >= 0.6 is 7.82 Å². The van der Waals surface area contributed by atoms with Crippen molar-refractivity contribution >= 4 is 19.8 Å². The fourth-order valence-corrected chi connectivity index (χ4v) is 5.78. The Bertz CT molecular complexity index is 1290. The van der Waals surface area contributed by atoms with Gasteiger partial charge in [0.05, 0.1) is 13.2 Å². The number of phosphoric acid groups is 1. The molecule has 0 aliphatic rings. The molecule has 0 saturated heterocycles. The summed E-state index contributed by atoms with van der Waals surface area (Å²) in [6, 6.07) is 0. The summed E-state index contributed by atoms with van der Waals surface area (Å²) in [7, 11) is -4.41. The Morgan fingerprint density at radius 2 is 1.00 bits per heavy atom. The fraction of sp³-hybridized carbons (Fsp3) is 0.574. The van der Waals surface area contributed by atoms with E-state index in [0.717, 1.165) is 77.0 Å². The minimum atomic E-state index is -4.41.